The molecule has 2 aromatic heterocycles. The number of rotatable bonds is 4. The van der Waals surface area contributed by atoms with Gasteiger partial charge in [-0.2, -0.15) is 10.4 Å². The van der Waals surface area contributed by atoms with Gasteiger partial charge in [0.05, 0.1) is 11.6 Å². The third-order valence-electron chi connectivity index (χ3n) is 3.27. The van der Waals surface area contributed by atoms with Crippen LogP contribution in [0, 0.1) is 11.3 Å². The Bertz CT molecular complexity index is 934. The molecule has 0 bridgehead atoms. The van der Waals surface area contributed by atoms with Gasteiger partial charge in [-0.3, -0.25) is 14.6 Å². The van der Waals surface area contributed by atoms with E-state index in [-0.39, 0.29) is 29.3 Å². The number of hydrogen-bond acceptors (Lipinski definition) is 5. The van der Waals surface area contributed by atoms with Crippen LogP contribution in [0.5, 0.6) is 0 Å². The summed E-state index contributed by atoms with van der Waals surface area (Å²) in [5.41, 5.74) is 0.812. The normalized spacial score (nSPS) is 10.2. The average Bonchev–Trinajstić information content (AvgIpc) is 3.11. The number of Topliss-reactive ketones (excluding diaryl/α,β-unsaturated/α-hetero) is 1. The number of ketones is 1. The van der Waals surface area contributed by atoms with Gasteiger partial charge in [-0.25, -0.2) is 9.67 Å². The molecular formula is C16H11N5O2. The zero-order valence-corrected chi connectivity index (χ0v) is 11.9. The van der Waals surface area contributed by atoms with E-state index in [1.807, 2.05) is 6.07 Å². The molecule has 0 fully saturated rings. The molecule has 0 atom stereocenters. The number of carbonyl (C=O) groups excluding carboxylic acids is 1. The monoisotopic (exact) mass is 305 g/mol. The van der Waals surface area contributed by atoms with Gasteiger partial charge in [0, 0.05) is 36.1 Å². The molecule has 23 heavy (non-hydrogen) atoms. The Morgan fingerprint density at radius 2 is 2.09 bits per heavy atom. The first-order chi connectivity index (χ1) is 11.2. The molecule has 0 radical (unpaired) electrons. The number of carbonyl (C=O) groups is 1. The maximum atomic E-state index is 12.2. The van der Waals surface area contributed by atoms with Crippen molar-refractivity contribution in [1.29, 1.82) is 5.26 Å². The second kappa shape index (κ2) is 6.07. The average molecular weight is 305 g/mol. The lowest BCUT2D eigenvalue weighted by atomic mass is 10.0. The minimum atomic E-state index is -0.382. The minimum absolute atomic E-state index is 0.0619. The summed E-state index contributed by atoms with van der Waals surface area (Å²) in [7, 11) is 0. The van der Waals surface area contributed by atoms with Crippen molar-refractivity contribution in [1.82, 2.24) is 19.7 Å². The molecule has 1 aromatic carbocycles. The Hall–Kier alpha value is -3.53. The molecule has 0 amide bonds. The number of H-pyrrole nitrogens is 1. The van der Waals surface area contributed by atoms with Crippen LogP contribution in [0.15, 0.2) is 53.7 Å². The number of nitriles is 1. The second-order valence-corrected chi connectivity index (χ2v) is 4.80. The molecule has 1 N–H and O–H groups in total. The van der Waals surface area contributed by atoms with Crippen molar-refractivity contribution < 1.29 is 4.79 Å². The van der Waals surface area contributed by atoms with Crippen molar-refractivity contribution in [2.45, 2.75) is 6.42 Å². The Balaban J connectivity index is 1.81. The summed E-state index contributed by atoms with van der Waals surface area (Å²) in [5.74, 6) is 0.0724. The highest BCUT2D eigenvalue weighted by atomic mass is 16.1. The van der Waals surface area contributed by atoms with Crippen LogP contribution in [-0.4, -0.2) is 25.5 Å². The summed E-state index contributed by atoms with van der Waals surface area (Å²) < 4.78 is 1.42. The second-order valence-electron chi connectivity index (χ2n) is 4.80. The first kappa shape index (κ1) is 14.4. The van der Waals surface area contributed by atoms with Crippen LogP contribution in [0.3, 0.4) is 0 Å². The molecule has 7 heteroatoms. The molecule has 112 valence electrons. The highest BCUT2D eigenvalue weighted by molar-refractivity contribution is 5.97. The van der Waals surface area contributed by atoms with Gasteiger partial charge >= 0.3 is 0 Å². The number of aromatic amines is 1. The summed E-state index contributed by atoms with van der Waals surface area (Å²) in [6, 6.07) is 9.97. The van der Waals surface area contributed by atoms with E-state index in [0.717, 1.165) is 0 Å². The molecule has 3 aromatic rings. The fourth-order valence-corrected chi connectivity index (χ4v) is 2.05. The van der Waals surface area contributed by atoms with Crippen molar-refractivity contribution >= 4 is 5.78 Å². The van der Waals surface area contributed by atoms with Gasteiger partial charge in [0.2, 0.25) is 5.95 Å². The van der Waals surface area contributed by atoms with Crippen LogP contribution in [0.2, 0.25) is 0 Å². The number of nitrogens with zero attached hydrogens (tertiary/aromatic N) is 4. The fourth-order valence-electron chi connectivity index (χ4n) is 2.05. The summed E-state index contributed by atoms with van der Waals surface area (Å²) in [6.45, 7) is 0. The van der Waals surface area contributed by atoms with E-state index in [0.29, 0.717) is 11.1 Å². The largest absolute Gasteiger partial charge is 0.294 e. The van der Waals surface area contributed by atoms with Gasteiger partial charge < -0.3 is 0 Å². The molecule has 2 heterocycles. The fraction of sp³-hybridized carbons (Fsp3) is 0.0625. The topological polar surface area (TPSA) is 104 Å². The van der Waals surface area contributed by atoms with Crippen LogP contribution in [0.25, 0.3) is 5.95 Å². The van der Waals surface area contributed by atoms with Gasteiger partial charge in [-0.1, -0.05) is 12.1 Å². The van der Waals surface area contributed by atoms with Crippen molar-refractivity contribution in [3.8, 4) is 12.0 Å². The molecule has 0 aliphatic heterocycles. The highest BCUT2D eigenvalue weighted by Crippen LogP contribution is 2.07. The van der Waals surface area contributed by atoms with Crippen molar-refractivity contribution in [2.24, 2.45) is 0 Å². The van der Waals surface area contributed by atoms with Crippen molar-refractivity contribution in [2.75, 3.05) is 0 Å². The lowest BCUT2D eigenvalue weighted by Gasteiger charge is -2.03. The van der Waals surface area contributed by atoms with Crippen LogP contribution in [0.1, 0.15) is 21.5 Å². The first-order valence-corrected chi connectivity index (χ1v) is 6.79. The lowest BCUT2D eigenvalue weighted by Crippen LogP contribution is -2.20. The number of nitrogens with one attached hydrogen (secondary N) is 1. The smallest absolute Gasteiger partial charge is 0.255 e. The SMILES string of the molecule is N#Cc1ccc(C(=O)Cc2cnc(-n3cccn3)[nH]c2=O)cc1. The van der Waals surface area contributed by atoms with E-state index < -0.39 is 0 Å². The van der Waals surface area contributed by atoms with Gasteiger partial charge in [-0.15, -0.1) is 0 Å². The maximum absolute atomic E-state index is 12.2. The van der Waals surface area contributed by atoms with Gasteiger partial charge in [0.1, 0.15) is 0 Å². The zero-order valence-electron chi connectivity index (χ0n) is 11.9. The summed E-state index contributed by atoms with van der Waals surface area (Å²) in [5, 5.41) is 12.7. The molecule has 0 aliphatic rings. The Kier molecular flexibility index (Phi) is 3.80. The number of hydrogen-bond donors (Lipinski definition) is 1. The van der Waals surface area contributed by atoms with Crippen molar-refractivity contribution in [3.05, 3.63) is 76.0 Å². The van der Waals surface area contributed by atoms with Gasteiger partial charge in [0.15, 0.2) is 5.78 Å². The zero-order chi connectivity index (χ0) is 16.2. The van der Waals surface area contributed by atoms with Crippen molar-refractivity contribution in [3.63, 3.8) is 0 Å². The van der Waals surface area contributed by atoms with Crippen LogP contribution < -0.4 is 5.56 Å². The van der Waals surface area contributed by atoms with Gasteiger partial charge in [-0.05, 0) is 18.2 Å². The molecular weight excluding hydrogens is 294 g/mol. The highest BCUT2D eigenvalue weighted by Gasteiger charge is 2.11. The standard InChI is InChI=1S/C16H11N5O2/c17-9-11-2-4-12(5-3-11)14(22)8-13-10-18-16(20-15(13)23)21-7-1-6-19-21/h1-7,10H,8H2,(H,18,20,23). The van der Waals surface area contributed by atoms with E-state index in [2.05, 4.69) is 15.1 Å². The lowest BCUT2D eigenvalue weighted by molar-refractivity contribution is 0.0992. The molecule has 0 saturated carbocycles. The van der Waals surface area contributed by atoms with Crippen LogP contribution in [-0.2, 0) is 6.42 Å². The molecule has 0 unspecified atom stereocenters. The van der Waals surface area contributed by atoms with Gasteiger partial charge in [0.25, 0.3) is 5.56 Å². The molecule has 7 nitrogen and oxygen atoms in total. The van der Waals surface area contributed by atoms with E-state index in [1.165, 1.54) is 10.9 Å². The quantitative estimate of drug-likeness (QED) is 0.730. The summed E-state index contributed by atoms with van der Waals surface area (Å²) >= 11 is 0. The Morgan fingerprint density at radius 1 is 1.30 bits per heavy atom. The van der Waals surface area contributed by atoms with E-state index in [1.54, 1.807) is 42.7 Å². The van der Waals surface area contributed by atoms with E-state index in [9.17, 15) is 9.59 Å². The molecule has 0 aliphatic carbocycles. The molecule has 0 spiro atoms. The Labute approximate surface area is 130 Å². The van der Waals surface area contributed by atoms with E-state index in [4.69, 9.17) is 5.26 Å². The number of aromatic nitrogens is 4. The predicted octanol–water partition coefficient (Wildman–Crippen LogP) is 1.25. The summed E-state index contributed by atoms with van der Waals surface area (Å²) in [6.07, 6.45) is 4.53. The number of benzene rings is 1. The van der Waals surface area contributed by atoms with E-state index >= 15 is 0 Å². The molecule has 3 rings (SSSR count). The summed E-state index contributed by atoms with van der Waals surface area (Å²) in [4.78, 5) is 31.0. The third-order valence-corrected chi connectivity index (χ3v) is 3.27. The predicted molar refractivity (Wildman–Crippen MR) is 81.2 cm³/mol. The molecule has 0 saturated heterocycles. The maximum Gasteiger partial charge on any atom is 0.255 e. The third kappa shape index (κ3) is 3.06. The van der Waals surface area contributed by atoms with Crippen LogP contribution >= 0.6 is 0 Å². The minimum Gasteiger partial charge on any atom is -0.294 e. The van der Waals surface area contributed by atoms with Crippen LogP contribution in [0.4, 0.5) is 0 Å². The Morgan fingerprint density at radius 3 is 2.70 bits per heavy atom. The first-order valence-electron chi connectivity index (χ1n) is 6.79.